The largest absolute Gasteiger partial charge is 0.365 e. The number of piperazine rings is 1. The average molecular weight is 231 g/mol. The van der Waals surface area contributed by atoms with Crippen molar-refractivity contribution in [3.63, 3.8) is 0 Å². The molecule has 0 aromatic rings. The summed E-state index contributed by atoms with van der Waals surface area (Å²) >= 11 is 5.64. The molecule has 0 radical (unpaired) electrons. The summed E-state index contributed by atoms with van der Waals surface area (Å²) in [7, 11) is 0. The third-order valence-corrected chi connectivity index (χ3v) is 2.34. The molecule has 15 heavy (non-hydrogen) atoms. The van der Waals surface area contributed by atoms with Crippen LogP contribution in [0.4, 0.5) is 0 Å². The van der Waals surface area contributed by atoms with Gasteiger partial charge in [0, 0.05) is 19.3 Å². The number of allylic oxidation sites excluding steroid dienone is 1. The molecule has 0 unspecified atom stereocenters. The number of halogens is 1. The van der Waals surface area contributed by atoms with Gasteiger partial charge in [-0.3, -0.25) is 9.59 Å². The number of carbonyl (C=O) groups is 2. The summed E-state index contributed by atoms with van der Waals surface area (Å²) in [5, 5.41) is 9.54. The molecule has 1 saturated heterocycles. The molecule has 0 saturated carbocycles. The smallest absolute Gasteiger partial charge is 0.262 e. The fourth-order valence-electron chi connectivity index (χ4n) is 1.26. The number of nitrogens with two attached hydrogens (primary N) is 1. The first-order chi connectivity index (χ1) is 7.06. The highest BCUT2D eigenvalue weighted by atomic mass is 35.5. The van der Waals surface area contributed by atoms with Crippen molar-refractivity contribution in [2.75, 3.05) is 19.6 Å². The molecule has 0 aromatic heterocycles. The second-order valence-corrected chi connectivity index (χ2v) is 3.36. The van der Waals surface area contributed by atoms with Crippen LogP contribution in [0.15, 0.2) is 10.7 Å². The Labute approximate surface area is 91.6 Å². The van der Waals surface area contributed by atoms with Crippen molar-refractivity contribution in [3.8, 4) is 0 Å². The summed E-state index contributed by atoms with van der Waals surface area (Å²) in [5.41, 5.74) is 5.17. The Bertz CT molecular complexity index is 340. The minimum atomic E-state index is -0.804. The summed E-state index contributed by atoms with van der Waals surface area (Å²) in [6, 6.07) is 0. The average Bonchev–Trinajstić information content (AvgIpc) is 2.18. The minimum Gasteiger partial charge on any atom is -0.365 e. The van der Waals surface area contributed by atoms with Crippen LogP contribution in [0.1, 0.15) is 0 Å². The van der Waals surface area contributed by atoms with E-state index < -0.39 is 5.91 Å². The van der Waals surface area contributed by atoms with E-state index in [1.807, 2.05) is 0 Å². The first-order valence-electron chi connectivity index (χ1n) is 4.28. The predicted octanol–water partition coefficient (Wildman–Crippen LogP) is -0.997. The van der Waals surface area contributed by atoms with Crippen LogP contribution >= 0.6 is 11.6 Å². The van der Waals surface area contributed by atoms with Gasteiger partial charge in [0.15, 0.2) is 0 Å². The van der Waals surface area contributed by atoms with Crippen molar-refractivity contribution < 1.29 is 9.59 Å². The van der Waals surface area contributed by atoms with E-state index in [0.717, 1.165) is 6.21 Å². The monoisotopic (exact) mass is 230 g/mol. The van der Waals surface area contributed by atoms with E-state index in [0.29, 0.717) is 13.1 Å². The Morgan fingerprint density at radius 1 is 1.67 bits per heavy atom. The van der Waals surface area contributed by atoms with E-state index in [-0.39, 0.29) is 23.2 Å². The molecule has 82 valence electrons. The van der Waals surface area contributed by atoms with Crippen LogP contribution in [-0.4, -0.2) is 42.6 Å². The fourth-order valence-corrected chi connectivity index (χ4v) is 1.44. The predicted molar refractivity (Wildman–Crippen MR) is 55.4 cm³/mol. The topological polar surface area (TPSA) is 99.3 Å². The van der Waals surface area contributed by atoms with E-state index in [2.05, 4.69) is 5.32 Å². The minimum absolute atomic E-state index is 0.0776. The first-order valence-corrected chi connectivity index (χ1v) is 4.65. The summed E-state index contributed by atoms with van der Waals surface area (Å²) in [6.07, 6.45) is 0.922. The van der Waals surface area contributed by atoms with Crippen molar-refractivity contribution >= 4 is 29.6 Å². The Hall–Kier alpha value is -1.56. The number of nitrogens with one attached hydrogen (secondary N) is 2. The van der Waals surface area contributed by atoms with Gasteiger partial charge >= 0.3 is 0 Å². The van der Waals surface area contributed by atoms with Gasteiger partial charge in [0.2, 0.25) is 5.91 Å². The molecule has 1 aliphatic rings. The number of primary amides is 1. The van der Waals surface area contributed by atoms with E-state index >= 15 is 0 Å². The SMILES string of the molecule is N=C/C(=C(/Cl)C(N)=O)N1CCNC(=O)C1. The zero-order valence-electron chi connectivity index (χ0n) is 7.92. The van der Waals surface area contributed by atoms with E-state index in [9.17, 15) is 9.59 Å². The molecule has 6 nitrogen and oxygen atoms in total. The Morgan fingerprint density at radius 3 is 2.80 bits per heavy atom. The van der Waals surface area contributed by atoms with Crippen molar-refractivity contribution in [1.29, 1.82) is 5.41 Å². The van der Waals surface area contributed by atoms with Crippen molar-refractivity contribution in [2.45, 2.75) is 0 Å². The number of nitrogens with zero attached hydrogens (tertiary/aromatic N) is 1. The highest BCUT2D eigenvalue weighted by Gasteiger charge is 2.21. The molecular formula is C8H11ClN4O2. The molecule has 1 rings (SSSR count). The van der Waals surface area contributed by atoms with Gasteiger partial charge in [-0.05, 0) is 0 Å². The summed E-state index contributed by atoms with van der Waals surface area (Å²) in [5.74, 6) is -0.976. The van der Waals surface area contributed by atoms with E-state index in [4.69, 9.17) is 22.7 Å². The number of hydrogen-bond donors (Lipinski definition) is 3. The lowest BCUT2D eigenvalue weighted by Gasteiger charge is -2.29. The molecule has 0 spiro atoms. The van der Waals surface area contributed by atoms with E-state index in [1.54, 1.807) is 4.90 Å². The molecule has 0 atom stereocenters. The second kappa shape index (κ2) is 4.79. The van der Waals surface area contributed by atoms with Gasteiger partial charge < -0.3 is 21.4 Å². The molecule has 0 bridgehead atoms. The number of carbonyl (C=O) groups excluding carboxylic acids is 2. The van der Waals surface area contributed by atoms with E-state index in [1.165, 1.54) is 0 Å². The third-order valence-electron chi connectivity index (χ3n) is 1.96. The van der Waals surface area contributed by atoms with Crippen LogP contribution in [0.2, 0.25) is 0 Å². The van der Waals surface area contributed by atoms with Gasteiger partial charge in [-0.2, -0.15) is 0 Å². The lowest BCUT2D eigenvalue weighted by molar-refractivity contribution is -0.123. The molecule has 1 aliphatic heterocycles. The maximum atomic E-state index is 11.1. The van der Waals surface area contributed by atoms with Gasteiger partial charge in [-0.15, -0.1) is 0 Å². The number of rotatable bonds is 3. The quantitative estimate of drug-likeness (QED) is 0.429. The van der Waals surface area contributed by atoms with Crippen molar-refractivity contribution in [2.24, 2.45) is 5.73 Å². The van der Waals surface area contributed by atoms with Gasteiger partial charge in [0.05, 0.1) is 12.2 Å². The number of amides is 2. The highest BCUT2D eigenvalue weighted by Crippen LogP contribution is 2.13. The molecule has 0 aromatic carbocycles. The van der Waals surface area contributed by atoms with Crippen LogP contribution in [0, 0.1) is 5.41 Å². The normalized spacial score (nSPS) is 17.9. The summed E-state index contributed by atoms with van der Waals surface area (Å²) < 4.78 is 0. The third kappa shape index (κ3) is 2.69. The standard InChI is InChI=1S/C8H11ClN4O2/c9-7(8(11)15)5(3-10)13-2-1-12-6(14)4-13/h3,10H,1-2,4H2,(H2,11,15)(H,12,14)/b7-5-,10-3?. The molecule has 7 heteroatoms. The molecule has 0 aliphatic carbocycles. The molecule has 2 amide bonds. The zero-order valence-corrected chi connectivity index (χ0v) is 8.67. The van der Waals surface area contributed by atoms with Crippen LogP contribution in [0.5, 0.6) is 0 Å². The molecule has 1 heterocycles. The van der Waals surface area contributed by atoms with Gasteiger partial charge in [-0.1, -0.05) is 11.6 Å². The van der Waals surface area contributed by atoms with Crippen LogP contribution in [-0.2, 0) is 9.59 Å². The summed E-state index contributed by atoms with van der Waals surface area (Å²) in [6.45, 7) is 1.03. The number of hydrogen-bond acceptors (Lipinski definition) is 4. The fraction of sp³-hybridized carbons (Fsp3) is 0.375. The summed E-state index contributed by atoms with van der Waals surface area (Å²) in [4.78, 5) is 23.4. The van der Waals surface area contributed by atoms with Crippen LogP contribution in [0.25, 0.3) is 0 Å². The Kier molecular flexibility index (Phi) is 3.68. The van der Waals surface area contributed by atoms with Crippen LogP contribution < -0.4 is 11.1 Å². The lowest BCUT2D eigenvalue weighted by atomic mass is 10.3. The zero-order chi connectivity index (χ0) is 11.4. The van der Waals surface area contributed by atoms with Gasteiger partial charge in [0.1, 0.15) is 5.03 Å². The second-order valence-electron chi connectivity index (χ2n) is 2.98. The Morgan fingerprint density at radius 2 is 2.33 bits per heavy atom. The highest BCUT2D eigenvalue weighted by molar-refractivity contribution is 6.43. The molecule has 4 N–H and O–H groups in total. The van der Waals surface area contributed by atoms with Gasteiger partial charge in [-0.25, -0.2) is 0 Å². The maximum Gasteiger partial charge on any atom is 0.262 e. The first kappa shape index (κ1) is 11.5. The van der Waals surface area contributed by atoms with Crippen molar-refractivity contribution in [1.82, 2.24) is 10.2 Å². The molecular weight excluding hydrogens is 220 g/mol. The maximum absolute atomic E-state index is 11.1. The van der Waals surface area contributed by atoms with Crippen molar-refractivity contribution in [3.05, 3.63) is 10.7 Å². The molecule has 1 fully saturated rings. The lowest BCUT2D eigenvalue weighted by Crippen LogP contribution is -2.47. The Balaban J connectivity index is 2.91. The van der Waals surface area contributed by atoms with Crippen LogP contribution in [0.3, 0.4) is 0 Å². The van der Waals surface area contributed by atoms with Gasteiger partial charge in [0.25, 0.3) is 5.91 Å².